The molecule has 0 aliphatic carbocycles. The quantitative estimate of drug-likeness (QED) is 0.733. The smallest absolute Gasteiger partial charge is 0.255 e. The van der Waals surface area contributed by atoms with Crippen molar-refractivity contribution >= 4 is 23.4 Å². The Morgan fingerprint density at radius 1 is 1.10 bits per heavy atom. The molecule has 108 valence electrons. The van der Waals surface area contributed by atoms with Crippen molar-refractivity contribution in [3.63, 3.8) is 0 Å². The molecule has 0 aromatic heterocycles. The fraction of sp³-hybridized carbons (Fsp3) is 0.400. The molecule has 4 rings (SSSR count). The summed E-state index contributed by atoms with van der Waals surface area (Å²) < 4.78 is 0. The number of nitrogens with one attached hydrogen (secondary N) is 2. The minimum absolute atomic E-state index is 0.115. The molecule has 0 radical (unpaired) electrons. The Morgan fingerprint density at radius 3 is 2.76 bits per heavy atom. The summed E-state index contributed by atoms with van der Waals surface area (Å²) in [4.78, 5) is 37.3. The van der Waals surface area contributed by atoms with Gasteiger partial charge in [0.25, 0.3) is 5.91 Å². The van der Waals surface area contributed by atoms with Gasteiger partial charge in [-0.1, -0.05) is 6.07 Å². The van der Waals surface area contributed by atoms with Crippen LogP contribution in [0.4, 0.5) is 5.69 Å². The highest BCUT2D eigenvalue weighted by Crippen LogP contribution is 2.33. The maximum absolute atomic E-state index is 12.6. The Hall–Kier alpha value is -2.37. The zero-order valence-corrected chi connectivity index (χ0v) is 11.4. The Bertz CT molecular complexity index is 683. The van der Waals surface area contributed by atoms with Crippen LogP contribution >= 0.6 is 0 Å². The third-order valence-electron chi connectivity index (χ3n) is 4.46. The molecule has 3 amide bonds. The van der Waals surface area contributed by atoms with E-state index < -0.39 is 6.04 Å². The summed E-state index contributed by atoms with van der Waals surface area (Å²) >= 11 is 0. The third kappa shape index (κ3) is 1.82. The molecule has 1 saturated heterocycles. The second kappa shape index (κ2) is 4.31. The van der Waals surface area contributed by atoms with Crippen molar-refractivity contribution in [1.29, 1.82) is 0 Å². The van der Waals surface area contributed by atoms with Crippen LogP contribution in [0.3, 0.4) is 0 Å². The Morgan fingerprint density at radius 2 is 1.95 bits per heavy atom. The van der Waals surface area contributed by atoms with E-state index in [4.69, 9.17) is 0 Å². The van der Waals surface area contributed by atoms with E-state index in [1.807, 2.05) is 6.07 Å². The zero-order valence-electron chi connectivity index (χ0n) is 11.4. The molecule has 3 aliphatic rings. The number of carbonyl (C=O) groups excluding carboxylic acids is 3. The largest absolute Gasteiger partial charge is 0.384 e. The second-order valence-electron chi connectivity index (χ2n) is 5.74. The highest BCUT2D eigenvalue weighted by atomic mass is 16.2. The number of carbonyl (C=O) groups is 3. The molecular weight excluding hydrogens is 270 g/mol. The number of piperidine rings is 1. The van der Waals surface area contributed by atoms with Gasteiger partial charge in [0.2, 0.25) is 11.8 Å². The van der Waals surface area contributed by atoms with E-state index in [0.29, 0.717) is 18.5 Å². The lowest BCUT2D eigenvalue weighted by Crippen LogP contribution is -2.52. The van der Waals surface area contributed by atoms with Gasteiger partial charge in [-0.15, -0.1) is 0 Å². The summed E-state index contributed by atoms with van der Waals surface area (Å²) in [5.74, 6) is -0.738. The van der Waals surface area contributed by atoms with Gasteiger partial charge in [0.15, 0.2) is 0 Å². The number of nitrogens with zero attached hydrogens (tertiary/aromatic N) is 1. The molecule has 6 nitrogen and oxygen atoms in total. The van der Waals surface area contributed by atoms with Crippen LogP contribution in [-0.2, 0) is 22.6 Å². The minimum Gasteiger partial charge on any atom is -0.384 e. The highest BCUT2D eigenvalue weighted by Gasteiger charge is 2.39. The predicted octanol–water partition coefficient (Wildman–Crippen LogP) is 0.416. The summed E-state index contributed by atoms with van der Waals surface area (Å²) in [6, 6.07) is 3.42. The van der Waals surface area contributed by atoms with Crippen molar-refractivity contribution in [2.24, 2.45) is 0 Å². The molecule has 0 spiro atoms. The minimum atomic E-state index is -0.537. The van der Waals surface area contributed by atoms with E-state index in [0.717, 1.165) is 24.2 Å². The van der Waals surface area contributed by atoms with Crippen LogP contribution in [0.15, 0.2) is 12.1 Å². The Kier molecular flexibility index (Phi) is 2.54. The van der Waals surface area contributed by atoms with Crippen molar-refractivity contribution in [3.05, 3.63) is 28.8 Å². The first kappa shape index (κ1) is 12.4. The first-order valence-electron chi connectivity index (χ1n) is 7.18. The number of benzene rings is 1. The molecule has 0 saturated carbocycles. The maximum atomic E-state index is 12.6. The van der Waals surface area contributed by atoms with Crippen LogP contribution in [0.2, 0.25) is 0 Å². The van der Waals surface area contributed by atoms with E-state index in [-0.39, 0.29) is 24.1 Å². The monoisotopic (exact) mass is 285 g/mol. The van der Waals surface area contributed by atoms with Crippen LogP contribution < -0.4 is 10.6 Å². The second-order valence-corrected chi connectivity index (χ2v) is 5.74. The van der Waals surface area contributed by atoms with Crippen LogP contribution in [0.1, 0.15) is 34.3 Å². The Labute approximate surface area is 121 Å². The lowest BCUT2D eigenvalue weighted by Gasteiger charge is -2.29. The number of hydrogen-bond donors (Lipinski definition) is 2. The van der Waals surface area contributed by atoms with Crippen molar-refractivity contribution in [2.75, 3.05) is 11.9 Å². The number of anilines is 1. The SMILES string of the molecule is O=C1CCC(N2Cc3cc4c(cc3C2=O)NCC4)C(=O)N1. The lowest BCUT2D eigenvalue weighted by atomic mass is 10.0. The van der Waals surface area contributed by atoms with Crippen molar-refractivity contribution in [1.82, 2.24) is 10.2 Å². The number of hydrogen-bond acceptors (Lipinski definition) is 4. The van der Waals surface area contributed by atoms with Crippen LogP contribution in [-0.4, -0.2) is 35.2 Å². The molecule has 1 aromatic rings. The van der Waals surface area contributed by atoms with Crippen molar-refractivity contribution in [3.8, 4) is 0 Å². The fourth-order valence-corrected chi connectivity index (χ4v) is 3.37. The molecule has 21 heavy (non-hydrogen) atoms. The Balaban J connectivity index is 1.64. The van der Waals surface area contributed by atoms with Gasteiger partial charge in [0, 0.05) is 30.8 Å². The number of amides is 3. The van der Waals surface area contributed by atoms with Gasteiger partial charge in [0.05, 0.1) is 0 Å². The van der Waals surface area contributed by atoms with Gasteiger partial charge >= 0.3 is 0 Å². The average molecular weight is 285 g/mol. The summed E-state index contributed by atoms with van der Waals surface area (Å²) in [7, 11) is 0. The topological polar surface area (TPSA) is 78.5 Å². The van der Waals surface area contributed by atoms with Crippen LogP contribution in [0.25, 0.3) is 0 Å². The predicted molar refractivity (Wildman–Crippen MR) is 74.7 cm³/mol. The lowest BCUT2D eigenvalue weighted by molar-refractivity contribution is -0.136. The molecular formula is C15H15N3O3. The zero-order chi connectivity index (χ0) is 14.6. The molecule has 1 aromatic carbocycles. The third-order valence-corrected chi connectivity index (χ3v) is 4.46. The molecule has 2 N–H and O–H groups in total. The summed E-state index contributed by atoms with van der Waals surface area (Å²) in [5, 5.41) is 5.58. The van der Waals surface area contributed by atoms with Gasteiger partial charge in [0.1, 0.15) is 6.04 Å². The van der Waals surface area contributed by atoms with Gasteiger partial charge < -0.3 is 10.2 Å². The molecule has 0 bridgehead atoms. The van der Waals surface area contributed by atoms with E-state index in [9.17, 15) is 14.4 Å². The van der Waals surface area contributed by atoms with E-state index in [2.05, 4.69) is 16.7 Å². The average Bonchev–Trinajstić information content (AvgIpc) is 3.02. The molecule has 3 aliphatic heterocycles. The molecule has 3 heterocycles. The molecule has 1 atom stereocenters. The normalized spacial score (nSPS) is 23.7. The summed E-state index contributed by atoms with van der Waals surface area (Å²) in [6.45, 7) is 1.36. The summed E-state index contributed by atoms with van der Waals surface area (Å²) in [5.41, 5.74) is 3.90. The molecule has 6 heteroatoms. The van der Waals surface area contributed by atoms with Gasteiger partial charge in [-0.05, 0) is 30.0 Å². The highest BCUT2D eigenvalue weighted by molar-refractivity contribution is 6.05. The first-order valence-corrected chi connectivity index (χ1v) is 7.18. The van der Waals surface area contributed by atoms with Gasteiger partial charge in [-0.25, -0.2) is 0 Å². The van der Waals surface area contributed by atoms with Gasteiger partial charge in [-0.3, -0.25) is 19.7 Å². The molecule has 1 fully saturated rings. The van der Waals surface area contributed by atoms with E-state index in [1.165, 1.54) is 5.56 Å². The van der Waals surface area contributed by atoms with E-state index in [1.54, 1.807) is 4.90 Å². The standard InChI is InChI=1S/C15H15N3O3/c19-13-2-1-12(14(20)17-13)18-7-9-5-8-3-4-16-11(8)6-10(9)15(18)21/h5-6,12,16H,1-4,7H2,(H,17,19,20). The van der Waals surface area contributed by atoms with Gasteiger partial charge in [-0.2, -0.15) is 0 Å². The first-order chi connectivity index (χ1) is 10.1. The van der Waals surface area contributed by atoms with Crippen LogP contribution in [0, 0.1) is 0 Å². The molecule has 1 unspecified atom stereocenters. The fourth-order valence-electron chi connectivity index (χ4n) is 3.37. The maximum Gasteiger partial charge on any atom is 0.255 e. The van der Waals surface area contributed by atoms with Crippen molar-refractivity contribution in [2.45, 2.75) is 31.8 Å². The number of imide groups is 1. The van der Waals surface area contributed by atoms with Crippen LogP contribution in [0.5, 0.6) is 0 Å². The van der Waals surface area contributed by atoms with Crippen molar-refractivity contribution < 1.29 is 14.4 Å². The van der Waals surface area contributed by atoms with E-state index >= 15 is 0 Å². The summed E-state index contributed by atoms with van der Waals surface area (Å²) in [6.07, 6.45) is 1.66. The number of rotatable bonds is 1. The number of fused-ring (bicyclic) bond motifs is 2.